The average molecular weight is 182 g/mol. The van der Waals surface area contributed by atoms with Gasteiger partial charge in [-0.05, 0) is 38.0 Å². The minimum absolute atomic E-state index is 0.0699. The molecule has 0 spiro atoms. The second-order valence-electron chi connectivity index (χ2n) is 4.29. The van der Waals surface area contributed by atoms with Gasteiger partial charge in [0.25, 0.3) is 0 Å². The van der Waals surface area contributed by atoms with Crippen LogP contribution in [0, 0.1) is 11.8 Å². The average Bonchev–Trinajstić information content (AvgIpc) is 2.66. The molecule has 2 heteroatoms. The Morgan fingerprint density at radius 2 is 2.46 bits per heavy atom. The molecule has 0 aromatic heterocycles. The minimum Gasteiger partial charge on any atom is -0.387 e. The van der Waals surface area contributed by atoms with E-state index in [0.717, 1.165) is 19.3 Å². The molecule has 4 atom stereocenters. The number of rotatable bonds is 4. The highest BCUT2D eigenvalue weighted by atomic mass is 16.5. The molecule has 2 nitrogen and oxygen atoms in total. The Balaban J connectivity index is 2.02. The number of aliphatic hydroxyl groups is 1. The first-order valence-corrected chi connectivity index (χ1v) is 5.17. The smallest absolute Gasteiger partial charge is 0.0943 e. The zero-order valence-corrected chi connectivity index (χ0v) is 8.20. The summed E-state index contributed by atoms with van der Waals surface area (Å²) < 4.78 is 5.63. The maximum absolute atomic E-state index is 10.1. The van der Waals surface area contributed by atoms with Crippen molar-refractivity contribution >= 4 is 0 Å². The molecule has 0 aromatic carbocycles. The van der Waals surface area contributed by atoms with Crippen LogP contribution in [0.1, 0.15) is 26.2 Å². The lowest BCUT2D eigenvalue weighted by atomic mass is 9.96. The SMILES string of the molecule is C=CC[C@@H]1CC2CC2(O)[C@H]1OCC. The first-order chi connectivity index (χ1) is 6.22. The van der Waals surface area contributed by atoms with Crippen molar-refractivity contribution in [2.24, 2.45) is 11.8 Å². The van der Waals surface area contributed by atoms with E-state index in [9.17, 15) is 5.11 Å². The van der Waals surface area contributed by atoms with Crippen LogP contribution in [0.5, 0.6) is 0 Å². The fourth-order valence-corrected chi connectivity index (χ4v) is 2.76. The Morgan fingerprint density at radius 1 is 1.69 bits per heavy atom. The summed E-state index contributed by atoms with van der Waals surface area (Å²) in [4.78, 5) is 0. The van der Waals surface area contributed by atoms with Crippen LogP contribution in [-0.2, 0) is 4.74 Å². The van der Waals surface area contributed by atoms with Gasteiger partial charge < -0.3 is 9.84 Å². The zero-order chi connectivity index (χ0) is 9.47. The van der Waals surface area contributed by atoms with E-state index in [1.807, 2.05) is 13.0 Å². The molecule has 0 amide bonds. The summed E-state index contributed by atoms with van der Waals surface area (Å²) in [7, 11) is 0. The van der Waals surface area contributed by atoms with Gasteiger partial charge in [0.15, 0.2) is 0 Å². The molecule has 0 aliphatic heterocycles. The van der Waals surface area contributed by atoms with E-state index in [4.69, 9.17) is 4.74 Å². The lowest BCUT2D eigenvalue weighted by Gasteiger charge is -2.24. The van der Waals surface area contributed by atoms with Gasteiger partial charge in [-0.15, -0.1) is 6.58 Å². The van der Waals surface area contributed by atoms with Gasteiger partial charge in [-0.1, -0.05) is 6.08 Å². The van der Waals surface area contributed by atoms with Crippen molar-refractivity contribution in [1.82, 2.24) is 0 Å². The number of fused-ring (bicyclic) bond motifs is 1. The van der Waals surface area contributed by atoms with Crippen LogP contribution in [0.15, 0.2) is 12.7 Å². The molecule has 2 aliphatic carbocycles. The van der Waals surface area contributed by atoms with Crippen LogP contribution in [0.4, 0.5) is 0 Å². The summed E-state index contributed by atoms with van der Waals surface area (Å²) in [5.41, 5.74) is -0.469. The summed E-state index contributed by atoms with van der Waals surface area (Å²) >= 11 is 0. The largest absolute Gasteiger partial charge is 0.387 e. The number of allylic oxidation sites excluding steroid dienone is 1. The van der Waals surface area contributed by atoms with E-state index < -0.39 is 5.60 Å². The minimum atomic E-state index is -0.469. The van der Waals surface area contributed by atoms with Crippen molar-refractivity contribution in [3.05, 3.63) is 12.7 Å². The van der Waals surface area contributed by atoms with Crippen molar-refractivity contribution < 1.29 is 9.84 Å². The molecule has 0 saturated heterocycles. The van der Waals surface area contributed by atoms with Crippen LogP contribution < -0.4 is 0 Å². The summed E-state index contributed by atoms with van der Waals surface area (Å²) in [6, 6.07) is 0. The molecule has 0 aromatic rings. The molecule has 2 saturated carbocycles. The molecule has 1 N–H and O–H groups in total. The molecule has 2 aliphatic rings. The van der Waals surface area contributed by atoms with Crippen LogP contribution in [0.2, 0.25) is 0 Å². The maximum Gasteiger partial charge on any atom is 0.0943 e. The van der Waals surface area contributed by atoms with Crippen molar-refractivity contribution in [1.29, 1.82) is 0 Å². The van der Waals surface area contributed by atoms with Crippen LogP contribution in [0.25, 0.3) is 0 Å². The molecule has 74 valence electrons. The lowest BCUT2D eigenvalue weighted by molar-refractivity contribution is -0.0608. The molecular weight excluding hydrogens is 164 g/mol. The Morgan fingerprint density at radius 3 is 3.08 bits per heavy atom. The van der Waals surface area contributed by atoms with E-state index >= 15 is 0 Å². The fraction of sp³-hybridized carbons (Fsp3) is 0.818. The predicted molar refractivity (Wildman–Crippen MR) is 51.4 cm³/mol. The molecule has 0 radical (unpaired) electrons. The first-order valence-electron chi connectivity index (χ1n) is 5.17. The quantitative estimate of drug-likeness (QED) is 0.671. The highest BCUT2D eigenvalue weighted by molar-refractivity contribution is 5.17. The standard InChI is InChI=1S/C11H18O2/c1-3-5-8-6-9-7-11(9,12)10(8)13-4-2/h3,8-10,12H,1,4-7H2,2H3/t8-,9?,10+,11?/m1/s1. The highest BCUT2D eigenvalue weighted by Gasteiger charge is 2.66. The van der Waals surface area contributed by atoms with E-state index in [1.165, 1.54) is 0 Å². The molecule has 0 heterocycles. The van der Waals surface area contributed by atoms with Crippen LogP contribution in [0.3, 0.4) is 0 Å². The number of ether oxygens (including phenoxy) is 1. The normalized spacial score (nSPS) is 47.4. The summed E-state index contributed by atoms with van der Waals surface area (Å²) in [5.74, 6) is 1.01. The summed E-state index contributed by atoms with van der Waals surface area (Å²) in [5, 5.41) is 10.1. The maximum atomic E-state index is 10.1. The molecule has 2 fully saturated rings. The molecule has 2 rings (SSSR count). The highest BCUT2D eigenvalue weighted by Crippen LogP contribution is 2.59. The van der Waals surface area contributed by atoms with E-state index in [2.05, 4.69) is 6.58 Å². The van der Waals surface area contributed by atoms with Gasteiger partial charge in [0.2, 0.25) is 0 Å². The van der Waals surface area contributed by atoms with Crippen molar-refractivity contribution in [2.75, 3.05) is 6.61 Å². The Kier molecular flexibility index (Phi) is 2.20. The fourth-order valence-electron chi connectivity index (χ4n) is 2.76. The molecule has 0 bridgehead atoms. The Bertz CT molecular complexity index is 214. The molecule has 2 unspecified atom stereocenters. The summed E-state index contributed by atoms with van der Waals surface area (Å²) in [6.45, 7) is 6.44. The van der Waals surface area contributed by atoms with Gasteiger partial charge in [-0.2, -0.15) is 0 Å². The zero-order valence-electron chi connectivity index (χ0n) is 8.20. The third-order valence-electron chi connectivity index (χ3n) is 3.44. The Hall–Kier alpha value is -0.340. The summed E-state index contributed by atoms with van der Waals surface area (Å²) in [6.07, 6.45) is 5.05. The van der Waals surface area contributed by atoms with Gasteiger partial charge in [0.05, 0.1) is 11.7 Å². The second-order valence-corrected chi connectivity index (χ2v) is 4.29. The van der Waals surface area contributed by atoms with Crippen LogP contribution >= 0.6 is 0 Å². The van der Waals surface area contributed by atoms with E-state index in [1.54, 1.807) is 0 Å². The van der Waals surface area contributed by atoms with E-state index in [0.29, 0.717) is 18.4 Å². The van der Waals surface area contributed by atoms with Crippen molar-refractivity contribution in [3.63, 3.8) is 0 Å². The lowest BCUT2D eigenvalue weighted by Crippen LogP contribution is -2.33. The third-order valence-corrected chi connectivity index (χ3v) is 3.44. The molecular formula is C11H18O2. The first kappa shape index (κ1) is 9.22. The van der Waals surface area contributed by atoms with E-state index in [-0.39, 0.29) is 6.10 Å². The number of hydrogen-bond acceptors (Lipinski definition) is 2. The van der Waals surface area contributed by atoms with Gasteiger partial charge >= 0.3 is 0 Å². The van der Waals surface area contributed by atoms with Gasteiger partial charge in [-0.3, -0.25) is 0 Å². The monoisotopic (exact) mass is 182 g/mol. The third kappa shape index (κ3) is 1.32. The Labute approximate surface area is 79.6 Å². The number of hydrogen-bond donors (Lipinski definition) is 1. The van der Waals surface area contributed by atoms with Crippen molar-refractivity contribution in [2.45, 2.75) is 37.9 Å². The topological polar surface area (TPSA) is 29.5 Å². The second kappa shape index (κ2) is 3.10. The van der Waals surface area contributed by atoms with Gasteiger partial charge in [0, 0.05) is 6.61 Å². The molecule has 13 heavy (non-hydrogen) atoms. The van der Waals surface area contributed by atoms with Gasteiger partial charge in [0.1, 0.15) is 0 Å². The van der Waals surface area contributed by atoms with Crippen molar-refractivity contribution in [3.8, 4) is 0 Å². The van der Waals surface area contributed by atoms with Gasteiger partial charge in [-0.25, -0.2) is 0 Å². The predicted octanol–water partition coefficient (Wildman–Crippen LogP) is 1.74. The van der Waals surface area contributed by atoms with Crippen LogP contribution in [-0.4, -0.2) is 23.4 Å².